The molecule has 0 heterocycles. The van der Waals surface area contributed by atoms with Gasteiger partial charge in [0, 0.05) is 11.8 Å². The first-order chi connectivity index (χ1) is 5.13. The van der Waals surface area contributed by atoms with Gasteiger partial charge in [-0.1, -0.05) is 0 Å². The summed E-state index contributed by atoms with van der Waals surface area (Å²) in [6.07, 6.45) is -0.620. The monoisotopic (exact) mass is 156 g/mol. The van der Waals surface area contributed by atoms with Crippen molar-refractivity contribution >= 4 is 5.78 Å². The van der Waals surface area contributed by atoms with Gasteiger partial charge in [0.15, 0.2) is 0 Å². The van der Waals surface area contributed by atoms with Gasteiger partial charge in [-0.05, 0) is 19.3 Å². The van der Waals surface area contributed by atoms with Crippen molar-refractivity contribution in [1.29, 1.82) is 0 Å². The fraction of sp³-hybridized carbons (Fsp3) is 0.875. The smallest absolute Gasteiger partial charge is 0.133 e. The molecule has 11 heavy (non-hydrogen) atoms. The van der Waals surface area contributed by atoms with Gasteiger partial charge in [-0.15, -0.1) is 0 Å². The topological polar surface area (TPSA) is 57.5 Å². The predicted octanol–water partition coefficient (Wildman–Crippen LogP) is -0.437. The summed E-state index contributed by atoms with van der Waals surface area (Å²) in [7, 11) is 0. The molecule has 2 aliphatic rings. The van der Waals surface area contributed by atoms with Crippen LogP contribution < -0.4 is 0 Å². The van der Waals surface area contributed by atoms with E-state index in [2.05, 4.69) is 0 Å². The summed E-state index contributed by atoms with van der Waals surface area (Å²) in [4.78, 5) is 10.9. The van der Waals surface area contributed by atoms with E-state index in [-0.39, 0.29) is 23.5 Å². The van der Waals surface area contributed by atoms with Gasteiger partial charge < -0.3 is 10.2 Å². The predicted molar refractivity (Wildman–Crippen MR) is 37.8 cm³/mol. The molecule has 62 valence electrons. The van der Waals surface area contributed by atoms with Crippen molar-refractivity contribution in [3.63, 3.8) is 0 Å². The van der Waals surface area contributed by atoms with Gasteiger partial charge in [-0.2, -0.15) is 0 Å². The Hall–Kier alpha value is -0.410. The fourth-order valence-corrected chi connectivity index (χ4v) is 2.42. The molecule has 5 atom stereocenters. The molecule has 2 saturated carbocycles. The zero-order valence-electron chi connectivity index (χ0n) is 6.40. The molecule has 0 amide bonds. The summed E-state index contributed by atoms with van der Waals surface area (Å²) in [5.41, 5.74) is 0. The molecule has 2 aliphatic carbocycles. The molecule has 3 heteroatoms. The number of Topliss-reactive ketones (excluding diaryl/α,β-unsaturated/α-hetero) is 1. The lowest BCUT2D eigenvalue weighted by molar-refractivity contribution is -0.119. The lowest BCUT2D eigenvalue weighted by Crippen LogP contribution is -2.26. The third kappa shape index (κ3) is 0.844. The number of carbonyl (C=O) groups is 1. The van der Waals surface area contributed by atoms with Crippen LogP contribution in [0.5, 0.6) is 0 Å². The van der Waals surface area contributed by atoms with Gasteiger partial charge in [-0.25, -0.2) is 0 Å². The van der Waals surface area contributed by atoms with Crippen LogP contribution in [0.3, 0.4) is 0 Å². The van der Waals surface area contributed by atoms with Crippen LogP contribution in [0, 0.1) is 17.8 Å². The number of rotatable bonds is 1. The Morgan fingerprint density at radius 1 is 1.45 bits per heavy atom. The lowest BCUT2D eigenvalue weighted by atomic mass is 10.1. The van der Waals surface area contributed by atoms with Crippen molar-refractivity contribution in [2.75, 3.05) is 0 Å². The Kier molecular flexibility index (Phi) is 1.35. The molecule has 0 radical (unpaired) electrons. The maximum absolute atomic E-state index is 10.9. The minimum absolute atomic E-state index is 0.0494. The summed E-state index contributed by atoms with van der Waals surface area (Å²) >= 11 is 0. The van der Waals surface area contributed by atoms with E-state index in [1.54, 1.807) is 6.92 Å². The average Bonchev–Trinajstić information content (AvgIpc) is 2.54. The first-order valence-electron chi connectivity index (χ1n) is 3.99. The van der Waals surface area contributed by atoms with Crippen molar-refractivity contribution < 1.29 is 15.0 Å². The number of ketones is 1. The van der Waals surface area contributed by atoms with Crippen molar-refractivity contribution in [2.45, 2.75) is 25.6 Å². The van der Waals surface area contributed by atoms with Crippen molar-refractivity contribution in [2.24, 2.45) is 17.8 Å². The highest BCUT2D eigenvalue weighted by atomic mass is 16.3. The summed E-state index contributed by atoms with van der Waals surface area (Å²) in [6, 6.07) is 0. The van der Waals surface area contributed by atoms with Gasteiger partial charge in [0.1, 0.15) is 5.78 Å². The van der Waals surface area contributed by atoms with Crippen LogP contribution in [0.4, 0.5) is 0 Å². The summed E-state index contributed by atoms with van der Waals surface area (Å²) in [5.74, 6) is 0.555. The summed E-state index contributed by atoms with van der Waals surface area (Å²) < 4.78 is 0. The Morgan fingerprint density at radius 2 is 2.09 bits per heavy atom. The van der Waals surface area contributed by atoms with E-state index in [0.717, 1.165) is 0 Å². The Morgan fingerprint density at radius 3 is 2.45 bits per heavy atom. The first-order valence-corrected chi connectivity index (χ1v) is 3.99. The Labute approximate surface area is 65.0 Å². The SMILES string of the molecule is CC(=O)[C@@H]1[C@@H]2C[C@@H](O)C(O)[C@@H]21. The molecule has 0 saturated heterocycles. The highest BCUT2D eigenvalue weighted by Crippen LogP contribution is 2.57. The van der Waals surface area contributed by atoms with E-state index in [1.165, 1.54) is 0 Å². The summed E-state index contributed by atoms with van der Waals surface area (Å²) in [5, 5.41) is 18.5. The molecular formula is C8H12O3. The van der Waals surface area contributed by atoms with Crippen molar-refractivity contribution in [3.05, 3.63) is 0 Å². The van der Waals surface area contributed by atoms with Crippen LogP contribution in [0.15, 0.2) is 0 Å². The molecule has 0 spiro atoms. The van der Waals surface area contributed by atoms with E-state index in [4.69, 9.17) is 5.11 Å². The van der Waals surface area contributed by atoms with Crippen LogP contribution in [-0.4, -0.2) is 28.2 Å². The number of hydrogen-bond donors (Lipinski definition) is 2. The number of aliphatic hydroxyl groups excluding tert-OH is 2. The van der Waals surface area contributed by atoms with Crippen molar-refractivity contribution in [1.82, 2.24) is 0 Å². The average molecular weight is 156 g/mol. The Bertz CT molecular complexity index is 202. The molecule has 2 fully saturated rings. The van der Waals surface area contributed by atoms with E-state index < -0.39 is 12.2 Å². The minimum atomic E-state index is -0.645. The van der Waals surface area contributed by atoms with Crippen molar-refractivity contribution in [3.8, 4) is 0 Å². The van der Waals surface area contributed by atoms with Crippen LogP contribution >= 0.6 is 0 Å². The Balaban J connectivity index is 2.05. The first kappa shape index (κ1) is 7.25. The zero-order chi connectivity index (χ0) is 8.17. The van der Waals surface area contributed by atoms with Gasteiger partial charge in [0.25, 0.3) is 0 Å². The third-order valence-corrected chi connectivity index (χ3v) is 3.00. The standard InChI is InChI=1S/C8H12O3/c1-3(9)6-4-2-5(10)8(11)7(4)6/h4-8,10-11H,2H2,1H3/t4-,5+,6+,7-,8?/m0/s1. The van der Waals surface area contributed by atoms with Crippen LogP contribution in [0.2, 0.25) is 0 Å². The van der Waals surface area contributed by atoms with Gasteiger partial charge >= 0.3 is 0 Å². The molecular weight excluding hydrogens is 144 g/mol. The molecule has 0 aromatic rings. The van der Waals surface area contributed by atoms with Gasteiger partial charge in [0.2, 0.25) is 0 Å². The highest BCUT2D eigenvalue weighted by Gasteiger charge is 2.63. The number of carbonyl (C=O) groups excluding carboxylic acids is 1. The highest BCUT2D eigenvalue weighted by molar-refractivity contribution is 5.82. The van der Waals surface area contributed by atoms with Crippen LogP contribution in [0.25, 0.3) is 0 Å². The zero-order valence-corrected chi connectivity index (χ0v) is 6.40. The van der Waals surface area contributed by atoms with E-state index in [9.17, 15) is 9.90 Å². The second kappa shape index (κ2) is 2.05. The number of aliphatic hydroxyl groups is 2. The molecule has 0 aromatic heterocycles. The lowest BCUT2D eigenvalue weighted by Gasteiger charge is -2.12. The molecule has 3 nitrogen and oxygen atoms in total. The van der Waals surface area contributed by atoms with E-state index in [1.807, 2.05) is 0 Å². The molecule has 1 unspecified atom stereocenters. The largest absolute Gasteiger partial charge is 0.390 e. The quantitative estimate of drug-likeness (QED) is 0.541. The third-order valence-electron chi connectivity index (χ3n) is 3.00. The maximum atomic E-state index is 10.9. The van der Waals surface area contributed by atoms with E-state index in [0.29, 0.717) is 6.42 Å². The minimum Gasteiger partial charge on any atom is -0.390 e. The molecule has 2 rings (SSSR count). The van der Waals surface area contributed by atoms with Crippen LogP contribution in [0.1, 0.15) is 13.3 Å². The second-order valence-corrected chi connectivity index (χ2v) is 3.67. The fourth-order valence-electron chi connectivity index (χ4n) is 2.42. The summed E-state index contributed by atoms with van der Waals surface area (Å²) in [6.45, 7) is 1.56. The number of hydrogen-bond acceptors (Lipinski definition) is 3. The van der Waals surface area contributed by atoms with Crippen LogP contribution in [-0.2, 0) is 4.79 Å². The molecule has 0 aromatic carbocycles. The van der Waals surface area contributed by atoms with E-state index >= 15 is 0 Å². The van der Waals surface area contributed by atoms with Gasteiger partial charge in [0.05, 0.1) is 12.2 Å². The molecule has 0 bridgehead atoms. The van der Waals surface area contributed by atoms with Gasteiger partial charge in [-0.3, -0.25) is 4.79 Å². The second-order valence-electron chi connectivity index (χ2n) is 3.67. The maximum Gasteiger partial charge on any atom is 0.133 e. The molecule has 2 N–H and O–H groups in total. The normalized spacial score (nSPS) is 53.9. The number of fused-ring (bicyclic) bond motifs is 1. The molecule has 0 aliphatic heterocycles.